The monoisotopic (exact) mass is 286 g/mol. The Morgan fingerprint density at radius 2 is 1.81 bits per heavy atom. The molecule has 0 bridgehead atoms. The van der Waals surface area contributed by atoms with Gasteiger partial charge in [-0.3, -0.25) is 4.79 Å². The number of carbonyl (C=O) groups excluding carboxylic acids is 1. The van der Waals surface area contributed by atoms with Gasteiger partial charge in [0.05, 0.1) is 11.4 Å². The van der Waals surface area contributed by atoms with E-state index in [2.05, 4.69) is 5.32 Å². The quantitative estimate of drug-likeness (QED) is 0.821. The fourth-order valence-corrected chi connectivity index (χ4v) is 2.17. The molecule has 110 valence electrons. The molecule has 1 amide bonds. The number of hydrogen-bond donors (Lipinski definition) is 2. The lowest BCUT2D eigenvalue weighted by Crippen LogP contribution is -2.21. The average Bonchev–Trinajstić information content (AvgIpc) is 2.41. The summed E-state index contributed by atoms with van der Waals surface area (Å²) in [5, 5.41) is 2.74. The van der Waals surface area contributed by atoms with Crippen LogP contribution in [0.5, 0.6) is 0 Å². The molecule has 0 spiro atoms. The molecule has 0 fully saturated rings. The molecule has 2 aromatic carbocycles. The number of nitrogens with one attached hydrogen (secondary N) is 1. The van der Waals surface area contributed by atoms with Gasteiger partial charge in [-0.2, -0.15) is 0 Å². The number of nitrogens with two attached hydrogens (primary N) is 1. The molecule has 21 heavy (non-hydrogen) atoms. The lowest BCUT2D eigenvalue weighted by Gasteiger charge is -2.22. The first kappa shape index (κ1) is 15.0. The number of anilines is 2. The van der Waals surface area contributed by atoms with Crippen LogP contribution >= 0.6 is 0 Å². The van der Waals surface area contributed by atoms with E-state index in [1.54, 1.807) is 6.07 Å². The molecule has 0 saturated carbocycles. The third kappa shape index (κ3) is 3.40. The zero-order valence-electron chi connectivity index (χ0n) is 12.4. The van der Waals surface area contributed by atoms with Gasteiger partial charge in [0.1, 0.15) is 5.82 Å². The highest BCUT2D eigenvalue weighted by atomic mass is 19.1. The minimum absolute atomic E-state index is 0.151. The van der Waals surface area contributed by atoms with Gasteiger partial charge in [-0.25, -0.2) is 4.39 Å². The van der Waals surface area contributed by atoms with Gasteiger partial charge in [-0.15, -0.1) is 0 Å². The van der Waals surface area contributed by atoms with Crippen LogP contribution < -0.4 is 11.1 Å². The second kappa shape index (κ2) is 5.56. The highest BCUT2D eigenvalue weighted by Crippen LogP contribution is 2.27. The topological polar surface area (TPSA) is 55.1 Å². The molecule has 2 aromatic rings. The van der Waals surface area contributed by atoms with Crippen LogP contribution in [0.2, 0.25) is 0 Å². The lowest BCUT2D eigenvalue weighted by atomic mass is 9.83. The summed E-state index contributed by atoms with van der Waals surface area (Å²) in [6.45, 7) is 6.14. The van der Waals surface area contributed by atoms with Crippen molar-refractivity contribution < 1.29 is 9.18 Å². The van der Waals surface area contributed by atoms with Crippen molar-refractivity contribution in [3.63, 3.8) is 0 Å². The fourth-order valence-electron chi connectivity index (χ4n) is 2.17. The summed E-state index contributed by atoms with van der Waals surface area (Å²) >= 11 is 0. The normalized spacial score (nSPS) is 11.2. The predicted molar refractivity (Wildman–Crippen MR) is 83.9 cm³/mol. The van der Waals surface area contributed by atoms with Crippen molar-refractivity contribution in [1.82, 2.24) is 0 Å². The van der Waals surface area contributed by atoms with E-state index in [1.807, 2.05) is 39.0 Å². The maximum Gasteiger partial charge on any atom is 0.256 e. The van der Waals surface area contributed by atoms with E-state index >= 15 is 0 Å². The molecule has 0 heterocycles. The zero-order chi connectivity index (χ0) is 15.6. The second-order valence-electron chi connectivity index (χ2n) is 5.98. The highest BCUT2D eigenvalue weighted by Gasteiger charge is 2.21. The number of rotatable bonds is 2. The number of carbonyl (C=O) groups is 1. The standard InChI is InChI=1S/C17H19FN2O/c1-17(2,3)13-7-5-4-6-12(13)16(21)20-15-9-8-11(18)10-14(15)19/h4-10H,19H2,1-3H3,(H,20,21). The van der Waals surface area contributed by atoms with Crippen molar-refractivity contribution in [2.45, 2.75) is 26.2 Å². The Balaban J connectivity index is 2.33. The van der Waals surface area contributed by atoms with Crippen LogP contribution in [0.4, 0.5) is 15.8 Å². The van der Waals surface area contributed by atoms with Gasteiger partial charge in [0.15, 0.2) is 0 Å². The summed E-state index contributed by atoms with van der Waals surface area (Å²) < 4.78 is 13.0. The van der Waals surface area contributed by atoms with Gasteiger partial charge in [0.2, 0.25) is 0 Å². The van der Waals surface area contributed by atoms with Gasteiger partial charge >= 0.3 is 0 Å². The molecule has 2 rings (SSSR count). The molecule has 0 aromatic heterocycles. The number of nitrogen functional groups attached to an aromatic ring is 1. The van der Waals surface area contributed by atoms with E-state index in [9.17, 15) is 9.18 Å². The molecule has 0 aliphatic rings. The summed E-state index contributed by atoms with van der Waals surface area (Å²) in [6.07, 6.45) is 0. The van der Waals surface area contributed by atoms with Crippen molar-refractivity contribution >= 4 is 17.3 Å². The molecule has 0 radical (unpaired) electrons. The van der Waals surface area contributed by atoms with E-state index < -0.39 is 5.82 Å². The molecule has 3 nitrogen and oxygen atoms in total. The van der Waals surface area contributed by atoms with Gasteiger partial charge in [0, 0.05) is 5.56 Å². The predicted octanol–water partition coefficient (Wildman–Crippen LogP) is 3.96. The molecule has 0 atom stereocenters. The van der Waals surface area contributed by atoms with Crippen LogP contribution in [0.1, 0.15) is 36.7 Å². The van der Waals surface area contributed by atoms with Gasteiger partial charge < -0.3 is 11.1 Å². The van der Waals surface area contributed by atoms with E-state index in [0.717, 1.165) is 5.56 Å². The number of hydrogen-bond acceptors (Lipinski definition) is 2. The van der Waals surface area contributed by atoms with E-state index in [1.165, 1.54) is 18.2 Å². The third-order valence-electron chi connectivity index (χ3n) is 3.24. The van der Waals surface area contributed by atoms with Crippen LogP contribution in [0.15, 0.2) is 42.5 Å². The minimum atomic E-state index is -0.430. The summed E-state index contributed by atoms with van der Waals surface area (Å²) in [5.74, 6) is -0.681. The summed E-state index contributed by atoms with van der Waals surface area (Å²) in [4.78, 5) is 12.5. The highest BCUT2D eigenvalue weighted by molar-refractivity contribution is 6.06. The second-order valence-corrected chi connectivity index (χ2v) is 5.98. The Kier molecular flexibility index (Phi) is 3.98. The van der Waals surface area contributed by atoms with Crippen molar-refractivity contribution in [2.24, 2.45) is 0 Å². The van der Waals surface area contributed by atoms with E-state index in [4.69, 9.17) is 5.73 Å². The van der Waals surface area contributed by atoms with Crippen LogP contribution in [0.3, 0.4) is 0 Å². The summed E-state index contributed by atoms with van der Waals surface area (Å²) in [5.41, 5.74) is 7.72. The maximum atomic E-state index is 13.0. The Morgan fingerprint density at radius 3 is 2.43 bits per heavy atom. The van der Waals surface area contributed by atoms with Crippen LogP contribution in [-0.4, -0.2) is 5.91 Å². The molecular weight excluding hydrogens is 267 g/mol. The van der Waals surface area contributed by atoms with Crippen molar-refractivity contribution in [2.75, 3.05) is 11.1 Å². The number of benzene rings is 2. The Bertz CT molecular complexity index is 675. The molecule has 0 aliphatic carbocycles. The van der Waals surface area contributed by atoms with Crippen LogP contribution in [-0.2, 0) is 5.41 Å². The minimum Gasteiger partial charge on any atom is -0.397 e. The fraction of sp³-hybridized carbons (Fsp3) is 0.235. The van der Waals surface area contributed by atoms with Gasteiger partial charge in [0.25, 0.3) is 5.91 Å². The van der Waals surface area contributed by atoms with Gasteiger partial charge in [-0.05, 0) is 35.2 Å². The number of amides is 1. The maximum absolute atomic E-state index is 13.0. The largest absolute Gasteiger partial charge is 0.397 e. The Morgan fingerprint density at radius 1 is 1.14 bits per heavy atom. The SMILES string of the molecule is CC(C)(C)c1ccccc1C(=O)Nc1ccc(F)cc1N. The molecule has 0 unspecified atom stereocenters. The lowest BCUT2D eigenvalue weighted by molar-refractivity contribution is 0.102. The summed E-state index contributed by atoms with van der Waals surface area (Å²) in [7, 11) is 0. The molecule has 3 N–H and O–H groups in total. The van der Waals surface area contributed by atoms with Crippen molar-refractivity contribution in [3.05, 3.63) is 59.4 Å². The molecular formula is C17H19FN2O. The molecule has 0 saturated heterocycles. The zero-order valence-corrected chi connectivity index (χ0v) is 12.4. The van der Waals surface area contributed by atoms with Gasteiger partial charge in [-0.1, -0.05) is 39.0 Å². The van der Waals surface area contributed by atoms with E-state index in [0.29, 0.717) is 11.3 Å². The molecule has 0 aliphatic heterocycles. The molecule has 4 heteroatoms. The average molecular weight is 286 g/mol. The van der Waals surface area contributed by atoms with Crippen LogP contribution in [0, 0.1) is 5.82 Å². The third-order valence-corrected chi connectivity index (χ3v) is 3.24. The van der Waals surface area contributed by atoms with Crippen molar-refractivity contribution in [3.8, 4) is 0 Å². The first-order chi connectivity index (χ1) is 9.79. The number of halogens is 1. The van der Waals surface area contributed by atoms with Crippen molar-refractivity contribution in [1.29, 1.82) is 0 Å². The summed E-state index contributed by atoms with van der Waals surface area (Å²) in [6, 6.07) is 11.3. The van der Waals surface area contributed by atoms with Crippen LogP contribution in [0.25, 0.3) is 0 Å². The Hall–Kier alpha value is -2.36. The van der Waals surface area contributed by atoms with E-state index in [-0.39, 0.29) is 17.0 Å². The first-order valence-electron chi connectivity index (χ1n) is 6.75. The Labute approximate surface area is 124 Å². The smallest absolute Gasteiger partial charge is 0.256 e. The first-order valence-corrected chi connectivity index (χ1v) is 6.75.